The van der Waals surface area contributed by atoms with Gasteiger partial charge in [-0.05, 0) is 79.4 Å². The van der Waals surface area contributed by atoms with E-state index >= 15 is 0 Å². The molecule has 0 aromatic carbocycles. The Morgan fingerprint density at radius 2 is 1.71 bits per heavy atom. The summed E-state index contributed by atoms with van der Waals surface area (Å²) in [6.45, 7) is 4.85. The lowest BCUT2D eigenvalue weighted by Crippen LogP contribution is -2.54. The van der Waals surface area contributed by atoms with Gasteiger partial charge >= 0.3 is 0 Å². The molecule has 4 aliphatic rings. The van der Waals surface area contributed by atoms with Crippen LogP contribution in [0.2, 0.25) is 0 Å². The van der Waals surface area contributed by atoms with Crippen LogP contribution in [0.4, 0.5) is 0 Å². The van der Waals surface area contributed by atoms with Gasteiger partial charge < -0.3 is 5.11 Å². The summed E-state index contributed by atoms with van der Waals surface area (Å²) >= 11 is 0. The van der Waals surface area contributed by atoms with Gasteiger partial charge in [-0.25, -0.2) is 0 Å². The first-order valence-electron chi connectivity index (χ1n) is 9.15. The average molecular weight is 290 g/mol. The lowest BCUT2D eigenvalue weighted by Gasteiger charge is -2.60. The van der Waals surface area contributed by atoms with E-state index in [0.29, 0.717) is 17.1 Å². The van der Waals surface area contributed by atoms with Crippen molar-refractivity contribution in [3.63, 3.8) is 0 Å². The fourth-order valence-electron chi connectivity index (χ4n) is 7.02. The van der Waals surface area contributed by atoms with Crippen molar-refractivity contribution >= 4 is 5.78 Å². The number of fused-ring (bicyclic) bond motifs is 5. The molecule has 0 aliphatic heterocycles. The van der Waals surface area contributed by atoms with Crippen LogP contribution in [0.3, 0.4) is 0 Å². The van der Waals surface area contributed by atoms with Crippen LogP contribution in [0.5, 0.6) is 0 Å². The van der Waals surface area contributed by atoms with E-state index in [2.05, 4.69) is 13.8 Å². The number of hydrogen-bond donors (Lipinski definition) is 1. The van der Waals surface area contributed by atoms with Crippen LogP contribution in [-0.2, 0) is 4.79 Å². The van der Waals surface area contributed by atoms with Crippen LogP contribution in [0.25, 0.3) is 0 Å². The smallest absolute Gasteiger partial charge is 0.133 e. The molecular formula is C19H30O2. The van der Waals surface area contributed by atoms with Gasteiger partial charge in [-0.1, -0.05) is 13.8 Å². The molecule has 0 radical (unpaired) electrons. The zero-order valence-electron chi connectivity index (χ0n) is 13.6. The minimum atomic E-state index is -0.0677. The Labute approximate surface area is 128 Å². The molecule has 0 unspecified atom stereocenters. The largest absolute Gasteiger partial charge is 0.393 e. The molecule has 0 bridgehead atoms. The summed E-state index contributed by atoms with van der Waals surface area (Å²) in [5, 5.41) is 10.5. The van der Waals surface area contributed by atoms with E-state index in [0.717, 1.165) is 43.4 Å². The highest BCUT2D eigenvalue weighted by molar-refractivity contribution is 5.79. The third-order valence-corrected chi connectivity index (χ3v) is 8.43. The van der Waals surface area contributed by atoms with Crippen molar-refractivity contribution in [3.8, 4) is 0 Å². The van der Waals surface area contributed by atoms with Crippen molar-refractivity contribution < 1.29 is 9.90 Å². The summed E-state index contributed by atoms with van der Waals surface area (Å²) in [5.74, 6) is 3.52. The Morgan fingerprint density at radius 1 is 0.952 bits per heavy atom. The van der Waals surface area contributed by atoms with Gasteiger partial charge in [0.25, 0.3) is 0 Å². The predicted molar refractivity (Wildman–Crippen MR) is 82.7 cm³/mol. The van der Waals surface area contributed by atoms with Crippen LogP contribution in [0.15, 0.2) is 0 Å². The Kier molecular flexibility index (Phi) is 3.10. The Balaban J connectivity index is 1.64. The van der Waals surface area contributed by atoms with Crippen LogP contribution < -0.4 is 0 Å². The highest BCUT2D eigenvalue weighted by Gasteiger charge is 2.59. The average Bonchev–Trinajstić information content (AvgIpc) is 2.76. The standard InChI is InChI=1S/C19H30O2/c1-18-9-7-13(20)11-12(18)3-4-14-15-5-6-17(21)19(15,2)10-8-16(14)18/h12,14-17,21H,3-11H2,1-2H3/t12-,14+,15+,16+,17+,18-,19+/m0/s1. The molecule has 0 heterocycles. The molecule has 1 N–H and O–H groups in total. The highest BCUT2D eigenvalue weighted by Crippen LogP contribution is 2.65. The zero-order chi connectivity index (χ0) is 14.8. The second-order valence-electron chi connectivity index (χ2n) is 9.04. The summed E-state index contributed by atoms with van der Waals surface area (Å²) in [6.07, 6.45) is 10.0. The highest BCUT2D eigenvalue weighted by atomic mass is 16.3. The molecule has 4 aliphatic carbocycles. The predicted octanol–water partition coefficient (Wildman–Crippen LogP) is 3.96. The summed E-state index contributed by atoms with van der Waals surface area (Å²) < 4.78 is 0. The molecule has 21 heavy (non-hydrogen) atoms. The molecule has 4 fully saturated rings. The SMILES string of the molecule is C[C@]12CCC(=O)C[C@@H]1CC[C@H]1[C@H]2CC[C@@]2(C)[C@H](O)CC[C@H]12. The van der Waals surface area contributed by atoms with Gasteiger partial charge in [0, 0.05) is 12.8 Å². The van der Waals surface area contributed by atoms with E-state index in [-0.39, 0.29) is 11.5 Å². The lowest BCUT2D eigenvalue weighted by molar-refractivity contribution is -0.141. The second-order valence-corrected chi connectivity index (χ2v) is 9.04. The van der Waals surface area contributed by atoms with Gasteiger partial charge in [0.2, 0.25) is 0 Å². The van der Waals surface area contributed by atoms with Crippen molar-refractivity contribution in [2.45, 2.75) is 77.7 Å². The van der Waals surface area contributed by atoms with E-state index in [1.807, 2.05) is 0 Å². The van der Waals surface area contributed by atoms with E-state index in [4.69, 9.17) is 0 Å². The molecule has 2 nitrogen and oxygen atoms in total. The van der Waals surface area contributed by atoms with Crippen molar-refractivity contribution in [2.24, 2.45) is 34.5 Å². The fraction of sp³-hybridized carbons (Fsp3) is 0.947. The summed E-state index contributed by atoms with van der Waals surface area (Å²) in [4.78, 5) is 11.9. The van der Waals surface area contributed by atoms with Gasteiger partial charge in [0.05, 0.1) is 6.10 Å². The molecule has 0 saturated heterocycles. The van der Waals surface area contributed by atoms with Crippen molar-refractivity contribution in [1.29, 1.82) is 0 Å². The van der Waals surface area contributed by atoms with E-state index in [1.165, 1.54) is 32.1 Å². The Morgan fingerprint density at radius 3 is 2.52 bits per heavy atom. The maximum absolute atomic E-state index is 11.9. The van der Waals surface area contributed by atoms with Crippen LogP contribution in [0, 0.1) is 34.5 Å². The molecule has 4 saturated carbocycles. The topological polar surface area (TPSA) is 37.3 Å². The Hall–Kier alpha value is -0.370. The third-order valence-electron chi connectivity index (χ3n) is 8.43. The lowest BCUT2D eigenvalue weighted by atomic mass is 9.45. The normalized spacial score (nSPS) is 56.5. The van der Waals surface area contributed by atoms with Crippen molar-refractivity contribution in [2.75, 3.05) is 0 Å². The van der Waals surface area contributed by atoms with Crippen LogP contribution >= 0.6 is 0 Å². The maximum Gasteiger partial charge on any atom is 0.133 e. The number of carbonyl (C=O) groups excluding carboxylic acids is 1. The van der Waals surface area contributed by atoms with Gasteiger partial charge in [0.1, 0.15) is 5.78 Å². The monoisotopic (exact) mass is 290 g/mol. The quantitative estimate of drug-likeness (QED) is 0.733. The molecule has 4 rings (SSSR count). The first kappa shape index (κ1) is 14.2. The van der Waals surface area contributed by atoms with Gasteiger partial charge in [-0.2, -0.15) is 0 Å². The Bertz CT molecular complexity index is 458. The summed E-state index contributed by atoms with van der Waals surface area (Å²) in [5.41, 5.74) is 0.598. The maximum atomic E-state index is 11.9. The first-order chi connectivity index (χ1) is 9.95. The molecule has 0 amide bonds. The van der Waals surface area contributed by atoms with Gasteiger partial charge in [-0.3, -0.25) is 4.79 Å². The molecule has 0 aromatic heterocycles. The fourth-order valence-corrected chi connectivity index (χ4v) is 7.02. The molecule has 0 aromatic rings. The van der Waals surface area contributed by atoms with Gasteiger partial charge in [-0.15, -0.1) is 0 Å². The molecular weight excluding hydrogens is 260 g/mol. The zero-order valence-corrected chi connectivity index (χ0v) is 13.6. The van der Waals surface area contributed by atoms with Crippen molar-refractivity contribution in [1.82, 2.24) is 0 Å². The first-order valence-corrected chi connectivity index (χ1v) is 9.15. The van der Waals surface area contributed by atoms with E-state index < -0.39 is 0 Å². The third kappa shape index (κ3) is 1.84. The number of Topliss-reactive ketones (excluding diaryl/α,β-unsaturated/α-hetero) is 1. The summed E-state index contributed by atoms with van der Waals surface area (Å²) in [6, 6.07) is 0. The minimum Gasteiger partial charge on any atom is -0.393 e. The number of carbonyl (C=O) groups is 1. The molecule has 118 valence electrons. The number of rotatable bonds is 0. The minimum absolute atomic E-state index is 0.0677. The van der Waals surface area contributed by atoms with E-state index in [1.54, 1.807) is 0 Å². The second kappa shape index (κ2) is 4.57. The molecule has 0 spiro atoms. The summed E-state index contributed by atoms with van der Waals surface area (Å²) in [7, 11) is 0. The molecule has 7 atom stereocenters. The van der Waals surface area contributed by atoms with E-state index in [9.17, 15) is 9.90 Å². The van der Waals surface area contributed by atoms with Crippen LogP contribution in [0.1, 0.15) is 71.6 Å². The number of aliphatic hydroxyl groups is 1. The molecule has 2 heteroatoms. The number of aliphatic hydroxyl groups excluding tert-OH is 1. The van der Waals surface area contributed by atoms with Gasteiger partial charge in [0.15, 0.2) is 0 Å². The van der Waals surface area contributed by atoms with Crippen LogP contribution in [-0.4, -0.2) is 17.0 Å². The van der Waals surface area contributed by atoms with Crippen molar-refractivity contribution in [3.05, 3.63) is 0 Å². The number of ketones is 1. The number of hydrogen-bond acceptors (Lipinski definition) is 2.